The van der Waals surface area contributed by atoms with Crippen LogP contribution in [0.3, 0.4) is 0 Å². The molecular weight excluding hydrogens is 280 g/mol. The van der Waals surface area contributed by atoms with Gasteiger partial charge in [0.05, 0.1) is 15.7 Å². The average molecular weight is 301 g/mol. The lowest BCUT2D eigenvalue weighted by Crippen LogP contribution is -2.38. The third-order valence-electron chi connectivity index (χ3n) is 3.72. The highest BCUT2D eigenvalue weighted by Gasteiger charge is 2.28. The van der Waals surface area contributed by atoms with Crippen LogP contribution in [0.1, 0.15) is 39.0 Å². The van der Waals surface area contributed by atoms with Crippen molar-refractivity contribution in [2.75, 3.05) is 6.54 Å². The summed E-state index contributed by atoms with van der Waals surface area (Å²) >= 11 is 0. The molecule has 1 N–H and O–H groups in total. The van der Waals surface area contributed by atoms with Gasteiger partial charge in [-0.2, -0.15) is 0 Å². The van der Waals surface area contributed by atoms with E-state index in [4.69, 9.17) is 0 Å². The fraction of sp³-hybridized carbons (Fsp3) is 0.600. The van der Waals surface area contributed by atoms with Gasteiger partial charge in [0.25, 0.3) is 0 Å². The maximum Gasteiger partial charge on any atom is 0.139 e. The largest absolute Gasteiger partial charge is 0.314 e. The first-order valence-corrected chi connectivity index (χ1v) is 8.42. The zero-order chi connectivity index (χ0) is 14.5. The van der Waals surface area contributed by atoms with Gasteiger partial charge in [-0.1, -0.05) is 13.3 Å². The first-order chi connectivity index (χ1) is 9.61. The van der Waals surface area contributed by atoms with Crippen LogP contribution in [0, 0.1) is 11.6 Å². The minimum Gasteiger partial charge on any atom is -0.314 e. The number of hydrogen-bond donors (Lipinski definition) is 1. The molecule has 112 valence electrons. The topological polar surface area (TPSA) is 29.1 Å². The van der Waals surface area contributed by atoms with Crippen LogP contribution in [0.5, 0.6) is 0 Å². The molecule has 2 nitrogen and oxygen atoms in total. The maximum absolute atomic E-state index is 13.7. The molecule has 0 spiro atoms. The lowest BCUT2D eigenvalue weighted by Gasteiger charge is -2.29. The molecule has 2 rings (SSSR count). The van der Waals surface area contributed by atoms with Crippen molar-refractivity contribution in [1.82, 2.24) is 5.32 Å². The molecule has 0 aromatic heterocycles. The SMILES string of the molecule is CCCNC1CCCC(S(=O)c2cc(F)ccc2F)C1. The zero-order valence-corrected chi connectivity index (χ0v) is 12.5. The molecule has 0 radical (unpaired) electrons. The third-order valence-corrected chi connectivity index (χ3v) is 5.50. The van der Waals surface area contributed by atoms with Crippen LogP contribution >= 0.6 is 0 Å². The number of halogens is 2. The minimum absolute atomic E-state index is 0.00569. The van der Waals surface area contributed by atoms with Gasteiger partial charge in [0.1, 0.15) is 11.6 Å². The van der Waals surface area contributed by atoms with E-state index in [1.807, 2.05) is 0 Å². The molecule has 3 atom stereocenters. The summed E-state index contributed by atoms with van der Waals surface area (Å²) in [5.41, 5.74) is 0. The lowest BCUT2D eigenvalue weighted by molar-refractivity contribution is 0.377. The van der Waals surface area contributed by atoms with Gasteiger partial charge >= 0.3 is 0 Å². The molecule has 5 heteroatoms. The fourth-order valence-electron chi connectivity index (χ4n) is 2.68. The Morgan fingerprint density at radius 2 is 2.15 bits per heavy atom. The second-order valence-corrected chi connectivity index (χ2v) is 7.01. The van der Waals surface area contributed by atoms with Crippen LogP contribution in [0.2, 0.25) is 0 Å². The molecule has 0 aliphatic heterocycles. The van der Waals surface area contributed by atoms with E-state index in [2.05, 4.69) is 12.2 Å². The predicted octanol–water partition coefficient (Wildman–Crippen LogP) is 3.38. The van der Waals surface area contributed by atoms with Crippen LogP contribution in [0.15, 0.2) is 23.1 Å². The van der Waals surface area contributed by atoms with Gasteiger partial charge in [0.15, 0.2) is 0 Å². The van der Waals surface area contributed by atoms with Gasteiger partial charge in [0, 0.05) is 11.3 Å². The molecular formula is C15H21F2NOS. The van der Waals surface area contributed by atoms with Crippen molar-refractivity contribution in [1.29, 1.82) is 0 Å². The molecule has 1 saturated carbocycles. The highest BCUT2D eigenvalue weighted by molar-refractivity contribution is 7.85. The van der Waals surface area contributed by atoms with Crippen molar-refractivity contribution in [3.63, 3.8) is 0 Å². The Kier molecular flexibility index (Phi) is 5.66. The lowest BCUT2D eigenvalue weighted by atomic mass is 9.95. The van der Waals surface area contributed by atoms with Crippen LogP contribution in [0.4, 0.5) is 8.78 Å². The standard InChI is InChI=1S/C15H21F2NOS/c1-2-8-18-12-4-3-5-13(10-12)20(19)15-9-11(16)6-7-14(15)17/h6-7,9,12-13,18H,2-5,8,10H2,1H3. The predicted molar refractivity (Wildman–Crippen MR) is 77.1 cm³/mol. The van der Waals surface area contributed by atoms with Crippen LogP contribution in [-0.4, -0.2) is 22.0 Å². The number of rotatable bonds is 5. The van der Waals surface area contributed by atoms with Gasteiger partial charge in [-0.3, -0.25) is 4.21 Å². The van der Waals surface area contributed by atoms with Crippen molar-refractivity contribution in [2.45, 2.75) is 55.2 Å². The van der Waals surface area contributed by atoms with E-state index in [-0.39, 0.29) is 10.1 Å². The van der Waals surface area contributed by atoms with Crippen LogP contribution in [-0.2, 0) is 10.8 Å². The summed E-state index contributed by atoms with van der Waals surface area (Å²) in [6.07, 6.45) is 4.69. The molecule has 0 saturated heterocycles. The summed E-state index contributed by atoms with van der Waals surface area (Å²) in [5.74, 6) is -1.11. The van der Waals surface area contributed by atoms with E-state index >= 15 is 0 Å². The summed E-state index contributed by atoms with van der Waals surface area (Å²) in [7, 11) is -1.47. The average Bonchev–Trinajstić information content (AvgIpc) is 2.47. The van der Waals surface area contributed by atoms with Crippen molar-refractivity contribution in [3.05, 3.63) is 29.8 Å². The normalized spacial score (nSPS) is 24.6. The van der Waals surface area contributed by atoms with Gasteiger partial charge in [0.2, 0.25) is 0 Å². The van der Waals surface area contributed by atoms with Crippen molar-refractivity contribution >= 4 is 10.8 Å². The third kappa shape index (κ3) is 3.85. The molecule has 1 aliphatic carbocycles. The smallest absolute Gasteiger partial charge is 0.139 e. The van der Waals surface area contributed by atoms with Crippen LogP contribution in [0.25, 0.3) is 0 Å². The molecule has 0 heterocycles. The Labute approximate surface area is 121 Å². The molecule has 3 unspecified atom stereocenters. The molecule has 0 bridgehead atoms. The number of hydrogen-bond acceptors (Lipinski definition) is 2. The quantitative estimate of drug-likeness (QED) is 0.903. The Morgan fingerprint density at radius 1 is 1.35 bits per heavy atom. The number of nitrogens with one attached hydrogen (secondary N) is 1. The Morgan fingerprint density at radius 3 is 2.90 bits per heavy atom. The molecule has 1 fully saturated rings. The highest BCUT2D eigenvalue weighted by atomic mass is 32.2. The van der Waals surface area contributed by atoms with E-state index in [0.29, 0.717) is 6.04 Å². The van der Waals surface area contributed by atoms with Crippen molar-refractivity contribution in [3.8, 4) is 0 Å². The molecule has 1 aromatic carbocycles. The Balaban J connectivity index is 2.06. The fourth-order valence-corrected chi connectivity index (χ4v) is 4.32. The second kappa shape index (κ2) is 7.27. The summed E-state index contributed by atoms with van der Waals surface area (Å²) < 4.78 is 39.4. The minimum atomic E-state index is -1.47. The van der Waals surface area contributed by atoms with Gasteiger partial charge in [-0.15, -0.1) is 0 Å². The summed E-state index contributed by atoms with van der Waals surface area (Å²) in [5, 5.41) is 3.34. The Bertz CT molecular complexity index is 481. The van der Waals surface area contributed by atoms with E-state index in [1.165, 1.54) is 0 Å². The monoisotopic (exact) mass is 301 g/mol. The maximum atomic E-state index is 13.7. The van der Waals surface area contributed by atoms with Gasteiger partial charge in [-0.05, 0) is 50.4 Å². The second-order valence-electron chi connectivity index (χ2n) is 5.31. The first-order valence-electron chi connectivity index (χ1n) is 7.20. The van der Waals surface area contributed by atoms with Crippen LogP contribution < -0.4 is 5.32 Å². The molecule has 20 heavy (non-hydrogen) atoms. The van der Waals surface area contributed by atoms with E-state index < -0.39 is 22.4 Å². The van der Waals surface area contributed by atoms with Gasteiger partial charge < -0.3 is 5.32 Å². The van der Waals surface area contributed by atoms with Crippen molar-refractivity contribution in [2.24, 2.45) is 0 Å². The van der Waals surface area contributed by atoms with Crippen molar-refractivity contribution < 1.29 is 13.0 Å². The number of benzene rings is 1. The molecule has 1 aliphatic rings. The highest BCUT2D eigenvalue weighted by Crippen LogP contribution is 2.27. The molecule has 1 aromatic rings. The molecule has 0 amide bonds. The first kappa shape index (κ1) is 15.6. The summed E-state index contributed by atoms with van der Waals surface area (Å²) in [6.45, 7) is 3.05. The summed E-state index contributed by atoms with van der Waals surface area (Å²) in [6, 6.07) is 3.52. The van der Waals surface area contributed by atoms with E-state index in [9.17, 15) is 13.0 Å². The van der Waals surface area contributed by atoms with Gasteiger partial charge in [-0.25, -0.2) is 8.78 Å². The Hall–Kier alpha value is -0.810. The van der Waals surface area contributed by atoms with E-state index in [1.54, 1.807) is 0 Å². The summed E-state index contributed by atoms with van der Waals surface area (Å²) in [4.78, 5) is 0.00569. The van der Waals surface area contributed by atoms with E-state index in [0.717, 1.165) is 56.8 Å². The zero-order valence-electron chi connectivity index (χ0n) is 11.7.